The molecule has 0 unspecified atom stereocenters. The van der Waals surface area contributed by atoms with Crippen LogP contribution < -0.4 is 10.7 Å². The molecular weight excluding hydrogens is 405 g/mol. The Balaban J connectivity index is 1.49. The van der Waals surface area contributed by atoms with Gasteiger partial charge in [-0.2, -0.15) is 5.10 Å². The molecule has 0 heterocycles. The average molecular weight is 425 g/mol. The highest BCUT2D eigenvalue weighted by molar-refractivity contribution is 6.08. The molecule has 0 bridgehead atoms. The third-order valence-corrected chi connectivity index (χ3v) is 4.98. The summed E-state index contributed by atoms with van der Waals surface area (Å²) in [6.07, 6.45) is 0. The number of benzene rings is 4. The summed E-state index contributed by atoms with van der Waals surface area (Å²) < 4.78 is 13.4. The van der Waals surface area contributed by atoms with Gasteiger partial charge in [0.1, 0.15) is 5.82 Å². The summed E-state index contributed by atoms with van der Waals surface area (Å²) in [5.41, 5.74) is 5.19. The van der Waals surface area contributed by atoms with Crippen molar-refractivity contribution in [2.75, 3.05) is 5.32 Å². The third kappa shape index (κ3) is 4.70. The van der Waals surface area contributed by atoms with Gasteiger partial charge in [-0.05, 0) is 59.7 Å². The van der Waals surface area contributed by atoms with Crippen LogP contribution in [0.15, 0.2) is 96.1 Å². The monoisotopic (exact) mass is 425 g/mol. The van der Waals surface area contributed by atoms with Gasteiger partial charge in [-0.1, -0.05) is 54.6 Å². The van der Waals surface area contributed by atoms with Crippen molar-refractivity contribution < 1.29 is 14.0 Å². The number of amides is 2. The van der Waals surface area contributed by atoms with E-state index < -0.39 is 11.7 Å². The van der Waals surface area contributed by atoms with E-state index in [9.17, 15) is 14.0 Å². The Morgan fingerprint density at radius 2 is 1.50 bits per heavy atom. The van der Waals surface area contributed by atoms with Gasteiger partial charge in [0.05, 0.1) is 5.71 Å². The third-order valence-electron chi connectivity index (χ3n) is 4.98. The Hall–Kier alpha value is -4.32. The van der Waals surface area contributed by atoms with E-state index in [0.29, 0.717) is 17.0 Å². The lowest BCUT2D eigenvalue weighted by atomic mass is 10.0. The van der Waals surface area contributed by atoms with E-state index in [4.69, 9.17) is 0 Å². The Kier molecular flexibility index (Phi) is 6.03. The van der Waals surface area contributed by atoms with E-state index in [1.807, 2.05) is 42.5 Å². The van der Waals surface area contributed by atoms with E-state index in [2.05, 4.69) is 15.8 Å². The van der Waals surface area contributed by atoms with Crippen molar-refractivity contribution in [1.29, 1.82) is 0 Å². The second kappa shape index (κ2) is 9.22. The Morgan fingerprint density at radius 1 is 0.781 bits per heavy atom. The molecule has 4 aromatic rings. The molecule has 5 nitrogen and oxygen atoms in total. The van der Waals surface area contributed by atoms with E-state index in [0.717, 1.165) is 16.3 Å². The summed E-state index contributed by atoms with van der Waals surface area (Å²) >= 11 is 0. The highest BCUT2D eigenvalue weighted by Crippen LogP contribution is 2.18. The van der Waals surface area contributed by atoms with Gasteiger partial charge in [-0.15, -0.1) is 0 Å². The molecule has 0 radical (unpaired) electrons. The number of hydrogen-bond acceptors (Lipinski definition) is 3. The Labute approximate surface area is 184 Å². The van der Waals surface area contributed by atoms with Crippen molar-refractivity contribution in [3.63, 3.8) is 0 Å². The van der Waals surface area contributed by atoms with Crippen molar-refractivity contribution in [3.8, 4) is 0 Å². The first-order valence-corrected chi connectivity index (χ1v) is 10.0. The SMILES string of the molecule is C/C(=N\NC(=O)c1cccc2ccccc12)c1cccc(NC(=O)c2cccc(F)c2)c1. The van der Waals surface area contributed by atoms with Crippen LogP contribution >= 0.6 is 0 Å². The lowest BCUT2D eigenvalue weighted by Gasteiger charge is -2.09. The first kappa shape index (κ1) is 20.9. The Morgan fingerprint density at radius 3 is 2.34 bits per heavy atom. The van der Waals surface area contributed by atoms with E-state index in [1.165, 1.54) is 24.3 Å². The number of rotatable bonds is 5. The molecule has 0 aliphatic rings. The minimum Gasteiger partial charge on any atom is -0.322 e. The normalized spacial score (nSPS) is 11.2. The van der Waals surface area contributed by atoms with Crippen LogP contribution in [-0.4, -0.2) is 17.5 Å². The molecule has 0 aromatic heterocycles. The predicted molar refractivity (Wildman–Crippen MR) is 124 cm³/mol. The van der Waals surface area contributed by atoms with Gasteiger partial charge in [0.15, 0.2) is 0 Å². The fourth-order valence-electron chi connectivity index (χ4n) is 3.34. The second-order valence-corrected chi connectivity index (χ2v) is 7.21. The van der Waals surface area contributed by atoms with Crippen LogP contribution in [0.3, 0.4) is 0 Å². The van der Waals surface area contributed by atoms with Crippen molar-refractivity contribution in [3.05, 3.63) is 114 Å². The predicted octanol–water partition coefficient (Wildman–Crippen LogP) is 5.39. The molecule has 0 fully saturated rings. The summed E-state index contributed by atoms with van der Waals surface area (Å²) in [5.74, 6) is -1.20. The number of anilines is 1. The molecule has 2 N–H and O–H groups in total. The summed E-state index contributed by atoms with van der Waals surface area (Å²) in [6, 6.07) is 25.7. The van der Waals surface area contributed by atoms with Gasteiger partial charge < -0.3 is 5.32 Å². The second-order valence-electron chi connectivity index (χ2n) is 7.21. The molecule has 0 saturated carbocycles. The maximum absolute atomic E-state index is 13.4. The average Bonchev–Trinajstić information content (AvgIpc) is 2.82. The van der Waals surface area contributed by atoms with Gasteiger partial charge in [0.25, 0.3) is 11.8 Å². The molecule has 0 spiro atoms. The van der Waals surface area contributed by atoms with Crippen molar-refractivity contribution in [1.82, 2.24) is 5.43 Å². The zero-order valence-electron chi connectivity index (χ0n) is 17.3. The van der Waals surface area contributed by atoms with Crippen LogP contribution in [0.25, 0.3) is 10.8 Å². The van der Waals surface area contributed by atoms with Crippen molar-refractivity contribution in [2.24, 2.45) is 5.10 Å². The number of halogens is 1. The number of fused-ring (bicyclic) bond motifs is 1. The van der Waals surface area contributed by atoms with E-state index in [-0.39, 0.29) is 11.5 Å². The topological polar surface area (TPSA) is 70.6 Å². The molecular formula is C26H20FN3O2. The van der Waals surface area contributed by atoms with Gasteiger partial charge in [-0.25, -0.2) is 9.82 Å². The lowest BCUT2D eigenvalue weighted by molar-refractivity contribution is 0.0955. The molecule has 32 heavy (non-hydrogen) atoms. The van der Waals surface area contributed by atoms with Crippen molar-refractivity contribution >= 4 is 34.0 Å². The van der Waals surface area contributed by atoms with E-state index in [1.54, 1.807) is 31.2 Å². The molecule has 6 heteroatoms. The molecule has 2 amide bonds. The quantitative estimate of drug-likeness (QED) is 0.333. The standard InChI is InChI=1S/C26H20FN3O2/c1-17(29-30-26(32)24-14-6-8-18-7-2-3-13-23(18)24)19-9-5-12-22(16-19)28-25(31)20-10-4-11-21(27)15-20/h2-16H,1H3,(H,28,31)(H,30,32)/b29-17+. The van der Waals surface area contributed by atoms with Gasteiger partial charge in [0.2, 0.25) is 0 Å². The molecule has 0 atom stereocenters. The van der Waals surface area contributed by atoms with Gasteiger partial charge in [-0.3, -0.25) is 9.59 Å². The number of nitrogens with zero attached hydrogens (tertiary/aromatic N) is 1. The molecule has 4 rings (SSSR count). The fraction of sp³-hybridized carbons (Fsp3) is 0.0385. The summed E-state index contributed by atoms with van der Waals surface area (Å²) in [7, 11) is 0. The first-order valence-electron chi connectivity index (χ1n) is 10.0. The zero-order valence-corrected chi connectivity index (χ0v) is 17.3. The minimum absolute atomic E-state index is 0.225. The smallest absolute Gasteiger partial charge is 0.272 e. The van der Waals surface area contributed by atoms with Crippen LogP contribution in [0.5, 0.6) is 0 Å². The first-order chi connectivity index (χ1) is 15.5. The molecule has 4 aromatic carbocycles. The van der Waals surface area contributed by atoms with Crippen LogP contribution in [-0.2, 0) is 0 Å². The summed E-state index contributed by atoms with van der Waals surface area (Å²) in [4.78, 5) is 25.0. The van der Waals surface area contributed by atoms with Crippen molar-refractivity contribution in [2.45, 2.75) is 6.92 Å². The fourth-order valence-corrected chi connectivity index (χ4v) is 3.34. The lowest BCUT2D eigenvalue weighted by Crippen LogP contribution is -2.19. The maximum Gasteiger partial charge on any atom is 0.272 e. The minimum atomic E-state index is -0.476. The molecule has 158 valence electrons. The number of carbonyl (C=O) groups excluding carboxylic acids is 2. The molecule has 0 aliphatic carbocycles. The summed E-state index contributed by atoms with van der Waals surface area (Å²) in [6.45, 7) is 1.76. The van der Waals surface area contributed by atoms with E-state index >= 15 is 0 Å². The van der Waals surface area contributed by atoms with Crippen LogP contribution in [0.1, 0.15) is 33.2 Å². The number of hydrogen-bond donors (Lipinski definition) is 2. The van der Waals surface area contributed by atoms with Crippen LogP contribution in [0, 0.1) is 5.82 Å². The van der Waals surface area contributed by atoms with Crippen LogP contribution in [0.2, 0.25) is 0 Å². The Bertz CT molecular complexity index is 1340. The van der Waals surface area contributed by atoms with Gasteiger partial charge >= 0.3 is 0 Å². The van der Waals surface area contributed by atoms with Crippen LogP contribution in [0.4, 0.5) is 10.1 Å². The highest BCUT2D eigenvalue weighted by atomic mass is 19.1. The molecule has 0 aliphatic heterocycles. The number of nitrogens with one attached hydrogen (secondary N) is 2. The number of hydrazone groups is 1. The molecule has 0 saturated heterocycles. The largest absolute Gasteiger partial charge is 0.322 e. The maximum atomic E-state index is 13.4. The van der Waals surface area contributed by atoms with Gasteiger partial charge in [0, 0.05) is 16.8 Å². The summed E-state index contributed by atoms with van der Waals surface area (Å²) in [5, 5.41) is 8.79. The zero-order chi connectivity index (χ0) is 22.5. The highest BCUT2D eigenvalue weighted by Gasteiger charge is 2.10. The number of carbonyl (C=O) groups is 2.